The number of hydrogen-bond donors (Lipinski definition) is 1. The SMILES string of the molecule is C[SiH](C)CC1Cc2c(cccc2C(=O)N2CCC(c3cccc(CN)c3)CC2)O1. The van der Waals surface area contributed by atoms with Crippen LogP contribution in [0.15, 0.2) is 42.5 Å². The van der Waals surface area contributed by atoms with Crippen LogP contribution in [-0.2, 0) is 13.0 Å². The molecule has 1 amide bonds. The van der Waals surface area contributed by atoms with E-state index in [1.807, 2.05) is 23.1 Å². The Kier molecular flexibility index (Phi) is 6.06. The minimum absolute atomic E-state index is 0.169. The average molecular weight is 409 g/mol. The molecular weight excluding hydrogens is 376 g/mol. The first-order valence-electron chi connectivity index (χ1n) is 10.9. The molecule has 2 aromatic rings. The molecule has 1 fully saturated rings. The maximum Gasteiger partial charge on any atom is 0.254 e. The smallest absolute Gasteiger partial charge is 0.254 e. The summed E-state index contributed by atoms with van der Waals surface area (Å²) in [5, 5.41) is 0. The highest BCUT2D eigenvalue weighted by Crippen LogP contribution is 2.35. The lowest BCUT2D eigenvalue weighted by molar-refractivity contribution is 0.0712. The van der Waals surface area contributed by atoms with Crippen LogP contribution in [0.1, 0.15) is 45.8 Å². The van der Waals surface area contributed by atoms with Gasteiger partial charge in [0.05, 0.1) is 0 Å². The van der Waals surface area contributed by atoms with E-state index >= 15 is 0 Å². The number of rotatable bonds is 5. The fourth-order valence-corrected chi connectivity index (χ4v) is 6.07. The molecule has 0 aliphatic carbocycles. The summed E-state index contributed by atoms with van der Waals surface area (Å²) in [4.78, 5) is 15.3. The van der Waals surface area contributed by atoms with Gasteiger partial charge in [0.25, 0.3) is 5.91 Å². The number of ether oxygens (including phenoxy) is 1. The number of carbonyl (C=O) groups excluding carboxylic acids is 1. The van der Waals surface area contributed by atoms with Gasteiger partial charge in [0, 0.05) is 46.0 Å². The van der Waals surface area contributed by atoms with Gasteiger partial charge in [-0.2, -0.15) is 0 Å². The van der Waals surface area contributed by atoms with Crippen molar-refractivity contribution in [3.8, 4) is 5.75 Å². The Bertz CT molecular complexity index is 875. The quantitative estimate of drug-likeness (QED) is 0.762. The van der Waals surface area contributed by atoms with Crippen molar-refractivity contribution in [3.05, 3.63) is 64.7 Å². The largest absolute Gasteiger partial charge is 0.490 e. The third-order valence-corrected chi connectivity index (χ3v) is 7.73. The van der Waals surface area contributed by atoms with Crippen molar-refractivity contribution in [2.45, 2.75) is 57.0 Å². The van der Waals surface area contributed by atoms with E-state index in [-0.39, 0.29) is 12.0 Å². The van der Waals surface area contributed by atoms with Crippen LogP contribution < -0.4 is 10.5 Å². The molecule has 29 heavy (non-hydrogen) atoms. The fraction of sp³-hybridized carbons (Fsp3) is 0.458. The Balaban J connectivity index is 1.43. The minimum atomic E-state index is -0.695. The van der Waals surface area contributed by atoms with Crippen LogP contribution in [-0.4, -0.2) is 38.8 Å². The molecule has 5 heteroatoms. The standard InChI is InChI=1S/C24H32N2O2Si/c1-29(2)16-20-14-22-21(7-4-8-23(22)28-20)24(27)26-11-9-18(10-12-26)19-6-3-5-17(13-19)15-25/h3-8,13,18,20,29H,9-12,14-16,25H2,1-2H3. The summed E-state index contributed by atoms with van der Waals surface area (Å²) in [6.45, 7) is 6.90. The van der Waals surface area contributed by atoms with Crippen molar-refractivity contribution in [2.24, 2.45) is 5.73 Å². The van der Waals surface area contributed by atoms with Crippen LogP contribution in [0.2, 0.25) is 19.1 Å². The summed E-state index contributed by atoms with van der Waals surface area (Å²) >= 11 is 0. The molecule has 0 saturated carbocycles. The molecule has 1 saturated heterocycles. The second-order valence-corrected chi connectivity index (χ2v) is 12.1. The number of nitrogens with two attached hydrogens (primary N) is 1. The number of piperidine rings is 1. The Hall–Kier alpha value is -2.11. The number of carbonyl (C=O) groups is 1. The number of fused-ring (bicyclic) bond motifs is 1. The molecule has 2 N–H and O–H groups in total. The minimum Gasteiger partial charge on any atom is -0.490 e. The summed E-state index contributed by atoms with van der Waals surface area (Å²) in [7, 11) is -0.695. The van der Waals surface area contributed by atoms with Gasteiger partial charge in [-0.3, -0.25) is 4.79 Å². The molecule has 1 atom stereocenters. The first kappa shape index (κ1) is 20.2. The molecule has 1 unspecified atom stereocenters. The Morgan fingerprint density at radius 1 is 1.17 bits per heavy atom. The van der Waals surface area contributed by atoms with Gasteiger partial charge < -0.3 is 15.4 Å². The number of likely N-dealkylation sites (tertiary alicyclic amines) is 1. The monoisotopic (exact) mass is 408 g/mol. The molecule has 2 heterocycles. The maximum absolute atomic E-state index is 13.3. The van der Waals surface area contributed by atoms with Crippen LogP contribution in [0.3, 0.4) is 0 Å². The van der Waals surface area contributed by atoms with Gasteiger partial charge in [0.2, 0.25) is 0 Å². The van der Waals surface area contributed by atoms with E-state index in [1.165, 1.54) is 11.1 Å². The highest BCUT2D eigenvalue weighted by atomic mass is 28.3. The summed E-state index contributed by atoms with van der Waals surface area (Å²) in [5.74, 6) is 1.60. The average Bonchev–Trinajstić information content (AvgIpc) is 3.15. The lowest BCUT2D eigenvalue weighted by Gasteiger charge is -2.32. The molecule has 0 bridgehead atoms. The molecule has 0 radical (unpaired) electrons. The first-order valence-corrected chi connectivity index (χ1v) is 14.0. The highest BCUT2D eigenvalue weighted by Gasteiger charge is 2.31. The van der Waals surface area contributed by atoms with Crippen molar-refractivity contribution in [3.63, 3.8) is 0 Å². The summed E-state index contributed by atoms with van der Waals surface area (Å²) < 4.78 is 6.15. The van der Waals surface area contributed by atoms with Crippen molar-refractivity contribution < 1.29 is 9.53 Å². The topological polar surface area (TPSA) is 55.6 Å². The molecule has 4 nitrogen and oxygen atoms in total. The number of benzene rings is 2. The van der Waals surface area contributed by atoms with Crippen LogP contribution in [0.4, 0.5) is 0 Å². The van der Waals surface area contributed by atoms with Crippen LogP contribution >= 0.6 is 0 Å². The second kappa shape index (κ2) is 8.72. The van der Waals surface area contributed by atoms with Crippen LogP contribution in [0.25, 0.3) is 0 Å². The van der Waals surface area contributed by atoms with Crippen molar-refractivity contribution >= 4 is 14.7 Å². The number of hydrogen-bond acceptors (Lipinski definition) is 3. The zero-order valence-electron chi connectivity index (χ0n) is 17.6. The molecule has 2 aliphatic heterocycles. The molecule has 4 rings (SSSR count). The predicted molar refractivity (Wildman–Crippen MR) is 120 cm³/mol. The van der Waals surface area contributed by atoms with Gasteiger partial charge in [-0.25, -0.2) is 0 Å². The zero-order chi connectivity index (χ0) is 20.4. The van der Waals surface area contributed by atoms with Gasteiger partial charge in [-0.1, -0.05) is 43.4 Å². The third kappa shape index (κ3) is 4.41. The molecule has 0 aromatic heterocycles. The molecule has 2 aliphatic rings. The van der Waals surface area contributed by atoms with Crippen LogP contribution in [0.5, 0.6) is 5.75 Å². The molecular formula is C24H32N2O2Si. The Morgan fingerprint density at radius 3 is 2.66 bits per heavy atom. The summed E-state index contributed by atoms with van der Waals surface area (Å²) in [5.41, 5.74) is 10.3. The lowest BCUT2D eigenvalue weighted by Crippen LogP contribution is -2.38. The summed E-state index contributed by atoms with van der Waals surface area (Å²) in [6.07, 6.45) is 3.15. The lowest BCUT2D eigenvalue weighted by atomic mass is 9.88. The van der Waals surface area contributed by atoms with Gasteiger partial charge in [-0.05, 0) is 48.1 Å². The second-order valence-electron chi connectivity index (χ2n) is 8.87. The molecule has 154 valence electrons. The van der Waals surface area contributed by atoms with E-state index in [0.717, 1.165) is 55.3 Å². The normalized spacial score (nSPS) is 19.3. The first-order chi connectivity index (χ1) is 14.0. The van der Waals surface area contributed by atoms with E-state index < -0.39 is 8.80 Å². The van der Waals surface area contributed by atoms with E-state index in [0.29, 0.717) is 12.5 Å². The predicted octanol–water partition coefficient (Wildman–Crippen LogP) is 3.96. The van der Waals surface area contributed by atoms with Gasteiger partial charge in [0.15, 0.2) is 0 Å². The highest BCUT2D eigenvalue weighted by molar-refractivity contribution is 6.55. The van der Waals surface area contributed by atoms with E-state index in [2.05, 4.69) is 37.4 Å². The van der Waals surface area contributed by atoms with Gasteiger partial charge >= 0.3 is 0 Å². The number of nitrogens with zero attached hydrogens (tertiary/aromatic N) is 1. The fourth-order valence-electron chi connectivity index (χ4n) is 4.75. The van der Waals surface area contributed by atoms with E-state index in [4.69, 9.17) is 10.5 Å². The molecule has 0 spiro atoms. The van der Waals surface area contributed by atoms with Gasteiger partial charge in [0.1, 0.15) is 11.9 Å². The molecule has 2 aromatic carbocycles. The summed E-state index contributed by atoms with van der Waals surface area (Å²) in [6, 6.07) is 15.7. The Morgan fingerprint density at radius 2 is 1.93 bits per heavy atom. The van der Waals surface area contributed by atoms with Crippen molar-refractivity contribution in [1.82, 2.24) is 4.90 Å². The van der Waals surface area contributed by atoms with Crippen LogP contribution in [0, 0.1) is 0 Å². The Labute approximate surface area is 175 Å². The van der Waals surface area contributed by atoms with Gasteiger partial charge in [-0.15, -0.1) is 0 Å². The van der Waals surface area contributed by atoms with Crippen molar-refractivity contribution in [1.29, 1.82) is 0 Å². The number of amides is 1. The third-order valence-electron chi connectivity index (χ3n) is 6.26. The zero-order valence-corrected chi connectivity index (χ0v) is 18.7. The van der Waals surface area contributed by atoms with E-state index in [1.54, 1.807) is 0 Å². The van der Waals surface area contributed by atoms with E-state index in [9.17, 15) is 4.79 Å². The van der Waals surface area contributed by atoms with Crippen molar-refractivity contribution in [2.75, 3.05) is 13.1 Å². The maximum atomic E-state index is 13.3.